The van der Waals surface area contributed by atoms with Gasteiger partial charge in [-0.15, -0.1) is 11.3 Å². The SMILES string of the molecule is CCN(CC)CC(C)Cc1ccc2sc3ccccc3c2c1. The van der Waals surface area contributed by atoms with Crippen molar-refractivity contribution in [2.45, 2.75) is 27.2 Å². The monoisotopic (exact) mass is 311 g/mol. The molecule has 1 unspecified atom stereocenters. The van der Waals surface area contributed by atoms with Gasteiger partial charge in [-0.3, -0.25) is 0 Å². The highest BCUT2D eigenvalue weighted by molar-refractivity contribution is 7.25. The number of benzene rings is 2. The second-order valence-electron chi connectivity index (χ2n) is 6.22. The van der Waals surface area contributed by atoms with E-state index in [1.807, 2.05) is 11.3 Å². The smallest absolute Gasteiger partial charge is 0.0355 e. The lowest BCUT2D eigenvalue weighted by Crippen LogP contribution is -2.28. The van der Waals surface area contributed by atoms with E-state index >= 15 is 0 Å². The Bertz CT molecular complexity index is 755. The average molecular weight is 311 g/mol. The number of fused-ring (bicyclic) bond motifs is 3. The summed E-state index contributed by atoms with van der Waals surface area (Å²) in [5, 5.41) is 2.83. The summed E-state index contributed by atoms with van der Waals surface area (Å²) < 4.78 is 2.80. The highest BCUT2D eigenvalue weighted by Crippen LogP contribution is 2.34. The van der Waals surface area contributed by atoms with Gasteiger partial charge in [0, 0.05) is 26.7 Å². The lowest BCUT2D eigenvalue weighted by molar-refractivity contribution is 0.260. The van der Waals surface area contributed by atoms with Crippen molar-refractivity contribution >= 4 is 31.5 Å². The van der Waals surface area contributed by atoms with Crippen molar-refractivity contribution in [3.8, 4) is 0 Å². The second-order valence-corrected chi connectivity index (χ2v) is 7.31. The molecular weight excluding hydrogens is 286 g/mol. The molecule has 0 aliphatic rings. The van der Waals surface area contributed by atoms with Crippen LogP contribution in [0.3, 0.4) is 0 Å². The standard InChI is InChI=1S/C20H25NS/c1-4-21(5-2)14-15(3)12-16-10-11-20-18(13-16)17-8-6-7-9-19(17)22-20/h6-11,13,15H,4-5,12,14H2,1-3H3. The summed E-state index contributed by atoms with van der Waals surface area (Å²) in [6.45, 7) is 10.4. The number of thiophene rings is 1. The van der Waals surface area contributed by atoms with E-state index < -0.39 is 0 Å². The van der Waals surface area contributed by atoms with Gasteiger partial charge in [0.05, 0.1) is 0 Å². The maximum Gasteiger partial charge on any atom is 0.0355 e. The summed E-state index contributed by atoms with van der Waals surface area (Å²) in [5.41, 5.74) is 1.47. The predicted octanol–water partition coefficient (Wildman–Crippen LogP) is 5.57. The van der Waals surface area contributed by atoms with Gasteiger partial charge in [0.1, 0.15) is 0 Å². The molecule has 1 atom stereocenters. The Morgan fingerprint density at radius 1 is 0.955 bits per heavy atom. The number of rotatable bonds is 6. The second kappa shape index (κ2) is 6.80. The molecule has 0 aliphatic carbocycles. The lowest BCUT2D eigenvalue weighted by atomic mass is 9.99. The van der Waals surface area contributed by atoms with Crippen molar-refractivity contribution in [1.82, 2.24) is 4.90 Å². The molecule has 1 nitrogen and oxygen atoms in total. The van der Waals surface area contributed by atoms with Crippen LogP contribution in [0, 0.1) is 5.92 Å². The van der Waals surface area contributed by atoms with E-state index in [0.717, 1.165) is 19.5 Å². The minimum atomic E-state index is 0.697. The first kappa shape index (κ1) is 15.5. The maximum atomic E-state index is 2.52. The summed E-state index contributed by atoms with van der Waals surface area (Å²) in [6.07, 6.45) is 1.16. The van der Waals surface area contributed by atoms with Crippen molar-refractivity contribution in [2.24, 2.45) is 5.92 Å². The van der Waals surface area contributed by atoms with Crippen LogP contribution in [0.25, 0.3) is 20.2 Å². The Labute approximate surface area is 137 Å². The van der Waals surface area contributed by atoms with Crippen LogP contribution < -0.4 is 0 Å². The van der Waals surface area contributed by atoms with Crippen molar-refractivity contribution in [3.05, 3.63) is 48.0 Å². The highest BCUT2D eigenvalue weighted by Gasteiger charge is 2.10. The zero-order valence-corrected chi connectivity index (χ0v) is 14.6. The zero-order valence-electron chi connectivity index (χ0n) is 13.8. The Morgan fingerprint density at radius 2 is 1.68 bits per heavy atom. The molecule has 2 aromatic carbocycles. The van der Waals surface area contributed by atoms with Gasteiger partial charge in [-0.05, 0) is 49.2 Å². The third-order valence-corrected chi connectivity index (χ3v) is 5.64. The van der Waals surface area contributed by atoms with Gasteiger partial charge in [0.25, 0.3) is 0 Å². The van der Waals surface area contributed by atoms with Gasteiger partial charge < -0.3 is 4.90 Å². The molecule has 0 radical (unpaired) electrons. The zero-order chi connectivity index (χ0) is 15.5. The Morgan fingerprint density at radius 3 is 2.45 bits per heavy atom. The van der Waals surface area contributed by atoms with Crippen molar-refractivity contribution in [2.75, 3.05) is 19.6 Å². The first-order chi connectivity index (χ1) is 10.7. The molecule has 0 spiro atoms. The number of nitrogens with zero attached hydrogens (tertiary/aromatic N) is 1. The molecule has 0 N–H and O–H groups in total. The van der Waals surface area contributed by atoms with Gasteiger partial charge in [-0.2, -0.15) is 0 Å². The molecule has 3 rings (SSSR count). The fraction of sp³-hybridized carbons (Fsp3) is 0.400. The van der Waals surface area contributed by atoms with Crippen LogP contribution in [-0.4, -0.2) is 24.5 Å². The molecule has 3 aromatic rings. The van der Waals surface area contributed by atoms with Crippen LogP contribution in [0.5, 0.6) is 0 Å². The van der Waals surface area contributed by atoms with Crippen LogP contribution in [0.15, 0.2) is 42.5 Å². The Kier molecular flexibility index (Phi) is 4.80. The van der Waals surface area contributed by atoms with E-state index in [2.05, 4.69) is 68.1 Å². The third-order valence-electron chi connectivity index (χ3n) is 4.49. The lowest BCUT2D eigenvalue weighted by Gasteiger charge is -2.22. The normalized spacial score (nSPS) is 13.3. The Balaban J connectivity index is 1.84. The van der Waals surface area contributed by atoms with Crippen molar-refractivity contribution in [1.29, 1.82) is 0 Å². The number of hydrogen-bond acceptors (Lipinski definition) is 2. The summed E-state index contributed by atoms with van der Waals surface area (Å²) >= 11 is 1.90. The van der Waals surface area contributed by atoms with Crippen LogP contribution in [0.4, 0.5) is 0 Å². The molecule has 116 valence electrons. The maximum absolute atomic E-state index is 2.52. The molecule has 0 amide bonds. The minimum Gasteiger partial charge on any atom is -0.304 e. The van der Waals surface area contributed by atoms with E-state index in [0.29, 0.717) is 5.92 Å². The summed E-state index contributed by atoms with van der Waals surface area (Å²) in [5.74, 6) is 0.697. The van der Waals surface area contributed by atoms with E-state index in [1.165, 1.54) is 32.3 Å². The molecule has 0 fully saturated rings. The summed E-state index contributed by atoms with van der Waals surface area (Å²) in [6, 6.07) is 15.8. The van der Waals surface area contributed by atoms with E-state index in [1.54, 1.807) is 0 Å². The molecular formula is C20H25NS. The molecule has 22 heavy (non-hydrogen) atoms. The van der Waals surface area contributed by atoms with E-state index in [4.69, 9.17) is 0 Å². The molecule has 0 bridgehead atoms. The van der Waals surface area contributed by atoms with Crippen LogP contribution in [0.1, 0.15) is 26.3 Å². The largest absolute Gasteiger partial charge is 0.304 e. The minimum absolute atomic E-state index is 0.697. The molecule has 0 aliphatic heterocycles. The van der Waals surface area contributed by atoms with Crippen molar-refractivity contribution < 1.29 is 0 Å². The van der Waals surface area contributed by atoms with Gasteiger partial charge >= 0.3 is 0 Å². The molecule has 0 saturated heterocycles. The van der Waals surface area contributed by atoms with Crippen LogP contribution >= 0.6 is 11.3 Å². The van der Waals surface area contributed by atoms with Crippen molar-refractivity contribution in [3.63, 3.8) is 0 Å². The first-order valence-electron chi connectivity index (χ1n) is 8.33. The Hall–Kier alpha value is -1.38. The quantitative estimate of drug-likeness (QED) is 0.575. The van der Waals surface area contributed by atoms with Crippen LogP contribution in [0.2, 0.25) is 0 Å². The van der Waals surface area contributed by atoms with Gasteiger partial charge in [-0.25, -0.2) is 0 Å². The summed E-state index contributed by atoms with van der Waals surface area (Å²) in [4.78, 5) is 2.52. The third kappa shape index (κ3) is 3.18. The van der Waals surface area contributed by atoms with Gasteiger partial charge in [0.2, 0.25) is 0 Å². The van der Waals surface area contributed by atoms with E-state index in [-0.39, 0.29) is 0 Å². The molecule has 2 heteroatoms. The van der Waals surface area contributed by atoms with Gasteiger partial charge in [0.15, 0.2) is 0 Å². The molecule has 1 heterocycles. The topological polar surface area (TPSA) is 3.24 Å². The van der Waals surface area contributed by atoms with Gasteiger partial charge in [-0.1, -0.05) is 45.0 Å². The fourth-order valence-corrected chi connectivity index (χ4v) is 4.38. The molecule has 0 saturated carbocycles. The fourth-order valence-electron chi connectivity index (χ4n) is 3.29. The highest BCUT2D eigenvalue weighted by atomic mass is 32.1. The van der Waals surface area contributed by atoms with Crippen LogP contribution in [-0.2, 0) is 6.42 Å². The number of hydrogen-bond donors (Lipinski definition) is 0. The molecule has 1 aromatic heterocycles. The predicted molar refractivity (Wildman–Crippen MR) is 100.0 cm³/mol. The van der Waals surface area contributed by atoms with E-state index in [9.17, 15) is 0 Å². The summed E-state index contributed by atoms with van der Waals surface area (Å²) in [7, 11) is 0. The first-order valence-corrected chi connectivity index (χ1v) is 9.15. The average Bonchev–Trinajstić information content (AvgIpc) is 2.90.